The van der Waals surface area contributed by atoms with Crippen molar-refractivity contribution in [3.63, 3.8) is 0 Å². The van der Waals surface area contributed by atoms with E-state index in [2.05, 4.69) is 6.55 Å². The van der Waals surface area contributed by atoms with E-state index in [1.54, 1.807) is 6.92 Å². The van der Waals surface area contributed by atoms with E-state index in [9.17, 15) is 4.79 Å². The summed E-state index contributed by atoms with van der Waals surface area (Å²) in [5, 5.41) is 0.193. The predicted octanol–water partition coefficient (Wildman–Crippen LogP) is 2.16. The van der Waals surface area contributed by atoms with Crippen LogP contribution in [0.25, 0.3) is 0 Å². The molecule has 0 aliphatic carbocycles. The lowest BCUT2D eigenvalue weighted by Crippen LogP contribution is -2.32. The maximum Gasteiger partial charge on any atom is 0.335 e. The Balaban J connectivity index is 2.14. The zero-order valence-electron chi connectivity index (χ0n) is 9.04. The van der Waals surface area contributed by atoms with Gasteiger partial charge in [-0.05, 0) is 25.9 Å². The van der Waals surface area contributed by atoms with Crippen LogP contribution in [0.5, 0.6) is 0 Å². The van der Waals surface area contributed by atoms with Crippen LogP contribution in [0.1, 0.15) is 20.3 Å². The minimum absolute atomic E-state index is 0.193. The van der Waals surface area contributed by atoms with E-state index in [-0.39, 0.29) is 11.2 Å². The molecule has 1 rings (SSSR count). The lowest BCUT2D eigenvalue weighted by molar-refractivity contribution is -0.109. The van der Waals surface area contributed by atoms with Crippen LogP contribution in [-0.2, 0) is 13.6 Å². The van der Waals surface area contributed by atoms with Crippen molar-refractivity contribution in [3.05, 3.63) is 0 Å². The predicted molar refractivity (Wildman–Crippen MR) is 60.7 cm³/mol. The molecule has 0 aromatic carbocycles. The van der Waals surface area contributed by atoms with Gasteiger partial charge in [-0.15, -0.1) is 0 Å². The van der Waals surface area contributed by atoms with Crippen molar-refractivity contribution in [1.29, 1.82) is 0 Å². The van der Waals surface area contributed by atoms with E-state index in [0.29, 0.717) is 0 Å². The molecule has 3 nitrogen and oxygen atoms in total. The first-order valence-electron chi connectivity index (χ1n) is 4.97. The monoisotopic (exact) mass is 234 g/mol. The van der Waals surface area contributed by atoms with E-state index < -0.39 is 8.56 Å². The molecule has 14 heavy (non-hydrogen) atoms. The molecule has 0 aromatic rings. The molecule has 1 fully saturated rings. The molecule has 0 amide bonds. The van der Waals surface area contributed by atoms with E-state index in [1.165, 1.54) is 11.8 Å². The Morgan fingerprint density at radius 1 is 1.64 bits per heavy atom. The van der Waals surface area contributed by atoms with E-state index in [4.69, 9.17) is 8.85 Å². The number of hydrogen-bond acceptors (Lipinski definition) is 4. The van der Waals surface area contributed by atoms with Gasteiger partial charge in [0.1, 0.15) is 0 Å². The molecule has 2 atom stereocenters. The standard InChI is InChI=1S/C9H18O3SSi/c1-8-7-11-14(3,12-8)6-4-5-13-9(2)10/h8H,4-7H2,1-3H3. The van der Waals surface area contributed by atoms with Crippen LogP contribution in [0.4, 0.5) is 0 Å². The van der Waals surface area contributed by atoms with Crippen LogP contribution in [0, 0.1) is 0 Å². The first-order valence-corrected chi connectivity index (χ1v) is 8.48. The van der Waals surface area contributed by atoms with Crippen LogP contribution in [0.2, 0.25) is 12.6 Å². The number of carbonyl (C=O) groups is 1. The zero-order chi connectivity index (χ0) is 10.6. The molecule has 0 spiro atoms. The molecule has 82 valence electrons. The van der Waals surface area contributed by atoms with Crippen LogP contribution < -0.4 is 0 Å². The average molecular weight is 234 g/mol. The third kappa shape index (κ3) is 4.12. The largest absolute Gasteiger partial charge is 0.392 e. The third-order valence-corrected chi connectivity index (χ3v) is 5.99. The van der Waals surface area contributed by atoms with Gasteiger partial charge in [0.05, 0.1) is 12.7 Å². The number of carbonyl (C=O) groups excluding carboxylic acids is 1. The quantitative estimate of drug-likeness (QED) is 0.551. The van der Waals surface area contributed by atoms with Crippen LogP contribution >= 0.6 is 11.8 Å². The minimum atomic E-state index is -1.85. The first-order chi connectivity index (χ1) is 6.52. The molecular formula is C9H18O3SSi. The Kier molecular flexibility index (Phi) is 4.63. The minimum Gasteiger partial charge on any atom is -0.392 e. The molecule has 1 aliphatic rings. The molecule has 0 N–H and O–H groups in total. The summed E-state index contributed by atoms with van der Waals surface area (Å²) in [5.41, 5.74) is 0. The molecule has 0 radical (unpaired) electrons. The highest BCUT2D eigenvalue weighted by atomic mass is 32.2. The maximum atomic E-state index is 10.7. The third-order valence-electron chi connectivity index (χ3n) is 2.15. The topological polar surface area (TPSA) is 35.5 Å². The van der Waals surface area contributed by atoms with Crippen molar-refractivity contribution in [3.8, 4) is 0 Å². The van der Waals surface area contributed by atoms with Crippen molar-refractivity contribution < 1.29 is 13.6 Å². The fourth-order valence-corrected chi connectivity index (χ4v) is 5.02. The molecule has 1 aliphatic heterocycles. The summed E-state index contributed by atoms with van der Waals surface area (Å²) >= 11 is 1.39. The lowest BCUT2D eigenvalue weighted by Gasteiger charge is -2.18. The summed E-state index contributed by atoms with van der Waals surface area (Å²) in [7, 11) is -1.85. The molecule has 2 unspecified atom stereocenters. The molecule has 0 bridgehead atoms. The van der Waals surface area contributed by atoms with Crippen molar-refractivity contribution in [2.45, 2.75) is 39.0 Å². The molecule has 5 heteroatoms. The van der Waals surface area contributed by atoms with Crippen molar-refractivity contribution in [2.75, 3.05) is 12.4 Å². The van der Waals surface area contributed by atoms with Gasteiger partial charge in [-0.2, -0.15) is 0 Å². The number of rotatable bonds is 4. The molecule has 1 saturated heterocycles. The van der Waals surface area contributed by atoms with E-state index in [1.807, 2.05) is 6.92 Å². The zero-order valence-corrected chi connectivity index (χ0v) is 10.9. The Hall–Kier alpha value is 0.157. The Bertz CT molecular complexity index is 212. The second-order valence-electron chi connectivity index (χ2n) is 3.82. The molecule has 0 saturated carbocycles. The lowest BCUT2D eigenvalue weighted by atomic mass is 10.5. The average Bonchev–Trinajstić information content (AvgIpc) is 2.41. The van der Waals surface area contributed by atoms with Gasteiger partial charge in [-0.3, -0.25) is 4.79 Å². The van der Waals surface area contributed by atoms with Gasteiger partial charge >= 0.3 is 8.56 Å². The SMILES string of the molecule is CC(=O)SCCC[Si]1(C)OCC(C)O1. The summed E-state index contributed by atoms with van der Waals surface area (Å²) in [5.74, 6) is 0.888. The highest BCUT2D eigenvalue weighted by Crippen LogP contribution is 2.25. The van der Waals surface area contributed by atoms with Gasteiger partial charge in [0.15, 0.2) is 5.12 Å². The molecule has 0 aromatic heterocycles. The van der Waals surface area contributed by atoms with Gasteiger partial charge in [0.2, 0.25) is 0 Å². The highest BCUT2D eigenvalue weighted by Gasteiger charge is 2.38. The molecule has 1 heterocycles. The van der Waals surface area contributed by atoms with E-state index >= 15 is 0 Å². The second kappa shape index (κ2) is 5.30. The number of thioether (sulfide) groups is 1. The van der Waals surface area contributed by atoms with Gasteiger partial charge in [-0.1, -0.05) is 11.8 Å². The second-order valence-corrected chi connectivity index (χ2v) is 8.38. The summed E-state index contributed by atoms with van der Waals surface area (Å²) in [6, 6.07) is 0.998. The van der Waals surface area contributed by atoms with Gasteiger partial charge in [0.25, 0.3) is 0 Å². The van der Waals surface area contributed by atoms with Crippen molar-refractivity contribution in [1.82, 2.24) is 0 Å². The highest BCUT2D eigenvalue weighted by molar-refractivity contribution is 8.13. The van der Waals surface area contributed by atoms with Gasteiger partial charge in [0, 0.05) is 12.7 Å². The molecular weight excluding hydrogens is 216 g/mol. The Morgan fingerprint density at radius 2 is 2.36 bits per heavy atom. The summed E-state index contributed by atoms with van der Waals surface area (Å²) in [6.45, 7) is 6.49. The summed E-state index contributed by atoms with van der Waals surface area (Å²) in [6.07, 6.45) is 1.27. The smallest absolute Gasteiger partial charge is 0.335 e. The number of hydrogen-bond donors (Lipinski definition) is 0. The van der Waals surface area contributed by atoms with Gasteiger partial charge in [-0.25, -0.2) is 0 Å². The van der Waals surface area contributed by atoms with Crippen LogP contribution in [0.3, 0.4) is 0 Å². The van der Waals surface area contributed by atoms with Crippen molar-refractivity contribution in [2.24, 2.45) is 0 Å². The summed E-state index contributed by atoms with van der Waals surface area (Å²) in [4.78, 5) is 10.7. The first kappa shape index (κ1) is 12.2. The summed E-state index contributed by atoms with van der Waals surface area (Å²) < 4.78 is 11.5. The van der Waals surface area contributed by atoms with Crippen LogP contribution in [-0.4, -0.2) is 32.1 Å². The fourth-order valence-electron chi connectivity index (χ4n) is 1.53. The Labute approximate surface area is 90.8 Å². The fraction of sp³-hybridized carbons (Fsp3) is 0.889. The van der Waals surface area contributed by atoms with E-state index in [0.717, 1.165) is 24.8 Å². The van der Waals surface area contributed by atoms with Crippen molar-refractivity contribution >= 4 is 25.4 Å². The maximum absolute atomic E-state index is 10.7. The Morgan fingerprint density at radius 3 is 2.86 bits per heavy atom. The van der Waals surface area contributed by atoms with Crippen LogP contribution in [0.15, 0.2) is 0 Å². The normalized spacial score (nSPS) is 32.1. The van der Waals surface area contributed by atoms with Gasteiger partial charge < -0.3 is 8.85 Å².